The molecular weight excluding hydrogens is 460 g/mol. The highest BCUT2D eigenvalue weighted by atomic mass is 32.2. The summed E-state index contributed by atoms with van der Waals surface area (Å²) in [5, 5.41) is 12.8. The molecule has 2 N–H and O–H groups in total. The van der Waals surface area contributed by atoms with Gasteiger partial charge in [0.15, 0.2) is 10.8 Å². The van der Waals surface area contributed by atoms with Gasteiger partial charge in [0.25, 0.3) is 10.0 Å². The number of sulfonamides is 1. The van der Waals surface area contributed by atoms with Gasteiger partial charge in [0.1, 0.15) is 5.56 Å². The molecule has 0 aliphatic heterocycles. The van der Waals surface area contributed by atoms with E-state index in [9.17, 15) is 18.0 Å². The van der Waals surface area contributed by atoms with Gasteiger partial charge in [-0.15, -0.1) is 5.10 Å². The van der Waals surface area contributed by atoms with Gasteiger partial charge in [-0.1, -0.05) is 0 Å². The summed E-state index contributed by atoms with van der Waals surface area (Å²) < 4.78 is 43.6. The molecule has 0 saturated carbocycles. The minimum atomic E-state index is -4.69. The van der Waals surface area contributed by atoms with Crippen LogP contribution in [0, 0.1) is 0 Å². The van der Waals surface area contributed by atoms with E-state index in [1.165, 1.54) is 38.6 Å². The normalized spacial score (nSPS) is 10.9. The van der Waals surface area contributed by atoms with E-state index in [2.05, 4.69) is 30.6 Å². The van der Waals surface area contributed by atoms with Crippen molar-refractivity contribution < 1.29 is 32.2 Å². The molecule has 3 heterocycles. The summed E-state index contributed by atoms with van der Waals surface area (Å²) in [5.74, 6) is -1.16. The molecule has 3 rings (SSSR count). The number of carbonyl (C=O) groups is 2. The first kappa shape index (κ1) is 23.3. The Morgan fingerprint density at radius 3 is 2.42 bits per heavy atom. The third-order valence-corrected chi connectivity index (χ3v) is 5.16. The largest absolute Gasteiger partial charge is 0.481 e. The van der Waals surface area contributed by atoms with Gasteiger partial charge in [-0.25, -0.2) is 14.3 Å². The molecule has 0 aromatic carbocycles. The molecule has 0 aliphatic rings. The fourth-order valence-electron chi connectivity index (χ4n) is 2.48. The zero-order valence-corrected chi connectivity index (χ0v) is 18.4. The van der Waals surface area contributed by atoms with Crippen LogP contribution in [0.1, 0.15) is 17.3 Å². The Morgan fingerprint density at radius 2 is 1.85 bits per heavy atom. The van der Waals surface area contributed by atoms with Crippen LogP contribution < -0.4 is 19.5 Å². The Labute approximate surface area is 187 Å². The van der Waals surface area contributed by atoms with Crippen LogP contribution in [-0.4, -0.2) is 71.2 Å². The third kappa shape index (κ3) is 5.29. The molecule has 0 atom stereocenters. The number of methoxy groups -OCH3 is 2. The van der Waals surface area contributed by atoms with Crippen LogP contribution in [0.5, 0.6) is 11.8 Å². The van der Waals surface area contributed by atoms with E-state index in [1.807, 2.05) is 0 Å². The number of rotatable bonds is 8. The maximum Gasteiger partial charge on any atom is 0.342 e. The molecule has 15 nitrogen and oxygen atoms in total. The highest BCUT2D eigenvalue weighted by Gasteiger charge is 2.32. The van der Waals surface area contributed by atoms with Gasteiger partial charge >= 0.3 is 12.0 Å². The summed E-state index contributed by atoms with van der Waals surface area (Å²) in [4.78, 5) is 32.5. The summed E-state index contributed by atoms with van der Waals surface area (Å²) >= 11 is 0. The second kappa shape index (κ2) is 9.86. The summed E-state index contributed by atoms with van der Waals surface area (Å²) in [7, 11) is -2.02. The highest BCUT2D eigenvalue weighted by molar-refractivity contribution is 7.90. The monoisotopic (exact) mass is 478 g/mol. The minimum absolute atomic E-state index is 0.0163. The maximum absolute atomic E-state index is 13.1. The first-order valence-electron chi connectivity index (χ1n) is 9.13. The number of aromatic nitrogens is 6. The van der Waals surface area contributed by atoms with Gasteiger partial charge in [-0.3, -0.25) is 5.32 Å². The molecule has 16 heteroatoms. The van der Waals surface area contributed by atoms with E-state index < -0.39 is 32.6 Å². The number of hydrogen-bond donors (Lipinski definition) is 2. The van der Waals surface area contributed by atoms with Crippen molar-refractivity contribution in [3.05, 3.63) is 36.2 Å². The Hall–Kier alpha value is -4.34. The first-order chi connectivity index (χ1) is 15.8. The number of esters is 1. The van der Waals surface area contributed by atoms with E-state index in [-0.39, 0.29) is 30.1 Å². The molecule has 0 bridgehead atoms. The number of amides is 2. The second-order valence-electron chi connectivity index (χ2n) is 5.91. The number of hydrogen-bond acceptors (Lipinski definition) is 12. The van der Waals surface area contributed by atoms with Crippen molar-refractivity contribution in [3.63, 3.8) is 0 Å². The number of ether oxygens (including phenoxy) is 3. The van der Waals surface area contributed by atoms with E-state index >= 15 is 0 Å². The lowest BCUT2D eigenvalue weighted by Gasteiger charge is -2.11. The van der Waals surface area contributed by atoms with E-state index in [0.29, 0.717) is 0 Å². The van der Waals surface area contributed by atoms with Crippen molar-refractivity contribution in [1.82, 2.24) is 34.7 Å². The smallest absolute Gasteiger partial charge is 0.342 e. The Balaban J connectivity index is 1.95. The van der Waals surface area contributed by atoms with Crippen molar-refractivity contribution >= 4 is 28.0 Å². The lowest BCUT2D eigenvalue weighted by Crippen LogP contribution is -2.36. The second-order valence-corrected chi connectivity index (χ2v) is 7.51. The van der Waals surface area contributed by atoms with Crippen molar-refractivity contribution in [1.29, 1.82) is 0 Å². The lowest BCUT2D eigenvalue weighted by molar-refractivity contribution is 0.0521. The number of urea groups is 1. The van der Waals surface area contributed by atoms with Crippen LogP contribution in [0.4, 0.5) is 10.7 Å². The Kier molecular flexibility index (Phi) is 6.97. The lowest BCUT2D eigenvalue weighted by atomic mass is 10.4. The quantitative estimate of drug-likeness (QED) is 0.418. The number of carbonyl (C=O) groups excluding carboxylic acids is 2. The molecule has 0 radical (unpaired) electrons. The third-order valence-electron chi connectivity index (χ3n) is 3.80. The average Bonchev–Trinajstić information content (AvgIpc) is 3.25. The standard InChI is InChI=1S/C17H18N8O7S/c1-4-32-15(26)10-9-19-25(11-6-5-7-18-23-11)14(10)33(28,29)24-17(27)22-16-20-12(30-2)8-13(21-16)31-3/h5-9H,4H2,1-3H3,(H2,20,21,22,24,27). The molecule has 0 unspecified atom stereocenters. The minimum Gasteiger partial charge on any atom is -0.481 e. The number of nitrogens with one attached hydrogen (secondary N) is 2. The van der Waals surface area contributed by atoms with Gasteiger partial charge in [-0.05, 0) is 19.1 Å². The predicted molar refractivity (Wildman–Crippen MR) is 110 cm³/mol. The average molecular weight is 478 g/mol. The Morgan fingerprint density at radius 1 is 1.15 bits per heavy atom. The zero-order valence-electron chi connectivity index (χ0n) is 17.5. The summed E-state index contributed by atoms with van der Waals surface area (Å²) in [6, 6.07) is 3.01. The maximum atomic E-state index is 13.1. The molecule has 33 heavy (non-hydrogen) atoms. The molecular formula is C17H18N8O7S. The summed E-state index contributed by atoms with van der Waals surface area (Å²) in [6.45, 7) is 1.53. The SMILES string of the molecule is CCOC(=O)c1cnn(-c2cccnn2)c1S(=O)(=O)NC(=O)Nc1nc(OC)cc(OC)n1. The van der Waals surface area contributed by atoms with Crippen molar-refractivity contribution in [2.75, 3.05) is 26.1 Å². The van der Waals surface area contributed by atoms with Crippen LogP contribution >= 0.6 is 0 Å². The molecule has 0 saturated heterocycles. The van der Waals surface area contributed by atoms with Gasteiger partial charge in [0, 0.05) is 6.20 Å². The highest BCUT2D eigenvalue weighted by Crippen LogP contribution is 2.21. The van der Waals surface area contributed by atoms with Gasteiger partial charge < -0.3 is 14.2 Å². The zero-order chi connectivity index (χ0) is 24.0. The van der Waals surface area contributed by atoms with Crippen molar-refractivity contribution in [3.8, 4) is 17.6 Å². The molecule has 0 fully saturated rings. The van der Waals surface area contributed by atoms with Crippen LogP contribution in [0.3, 0.4) is 0 Å². The molecule has 3 aromatic rings. The molecule has 2 amide bonds. The topological polar surface area (TPSA) is 189 Å². The van der Waals surface area contributed by atoms with E-state index in [1.54, 1.807) is 11.6 Å². The van der Waals surface area contributed by atoms with Crippen LogP contribution in [0.2, 0.25) is 0 Å². The number of nitrogens with zero attached hydrogens (tertiary/aromatic N) is 6. The van der Waals surface area contributed by atoms with E-state index in [4.69, 9.17) is 14.2 Å². The fourth-order valence-corrected chi connectivity index (χ4v) is 3.67. The van der Waals surface area contributed by atoms with Crippen molar-refractivity contribution in [2.24, 2.45) is 0 Å². The first-order valence-corrected chi connectivity index (χ1v) is 10.6. The van der Waals surface area contributed by atoms with Gasteiger partial charge in [0.05, 0.1) is 33.1 Å². The predicted octanol–water partition coefficient (Wildman–Crippen LogP) is 0.157. The fraction of sp³-hybridized carbons (Fsp3) is 0.235. The van der Waals surface area contributed by atoms with Crippen LogP contribution in [0.15, 0.2) is 35.6 Å². The molecule has 174 valence electrons. The van der Waals surface area contributed by atoms with Gasteiger partial charge in [0.2, 0.25) is 17.7 Å². The summed E-state index contributed by atoms with van der Waals surface area (Å²) in [5.41, 5.74) is -0.415. The van der Waals surface area contributed by atoms with Crippen LogP contribution in [-0.2, 0) is 14.8 Å². The van der Waals surface area contributed by atoms with Gasteiger partial charge in [-0.2, -0.15) is 33.3 Å². The summed E-state index contributed by atoms with van der Waals surface area (Å²) in [6.07, 6.45) is 2.34. The molecule has 3 aromatic heterocycles. The molecule has 0 spiro atoms. The Bertz CT molecular complexity index is 1240. The number of anilines is 1. The molecule has 0 aliphatic carbocycles. The van der Waals surface area contributed by atoms with Crippen molar-refractivity contribution in [2.45, 2.75) is 11.9 Å². The van der Waals surface area contributed by atoms with Crippen LogP contribution in [0.25, 0.3) is 5.82 Å². The van der Waals surface area contributed by atoms with E-state index in [0.717, 1.165) is 10.9 Å².